The van der Waals surface area contributed by atoms with Gasteiger partial charge in [0.05, 0.1) is 0 Å². The Bertz CT molecular complexity index is 783. The second kappa shape index (κ2) is 3.98. The molecule has 0 radical (unpaired) electrons. The zero-order chi connectivity index (χ0) is 13.6. The van der Waals surface area contributed by atoms with Crippen LogP contribution < -0.4 is 0 Å². The van der Waals surface area contributed by atoms with Gasteiger partial charge in [0.2, 0.25) is 5.76 Å². The molecule has 1 N–H and O–H groups in total. The van der Waals surface area contributed by atoms with Gasteiger partial charge in [0.25, 0.3) is 0 Å². The van der Waals surface area contributed by atoms with E-state index in [0.29, 0.717) is 5.69 Å². The lowest BCUT2D eigenvalue weighted by atomic mass is 10.1. The van der Waals surface area contributed by atoms with E-state index in [1.807, 2.05) is 42.8 Å². The fraction of sp³-hybridized carbons (Fsp3) is 0.143. The number of aromatic nitrogens is 2. The summed E-state index contributed by atoms with van der Waals surface area (Å²) in [5.41, 5.74) is 3.18. The molecular formula is C14H12N2O3. The summed E-state index contributed by atoms with van der Waals surface area (Å²) in [6.45, 7) is 1.94. The van der Waals surface area contributed by atoms with Gasteiger partial charge in [-0.1, -0.05) is 18.2 Å². The highest BCUT2D eigenvalue weighted by Gasteiger charge is 2.23. The van der Waals surface area contributed by atoms with Gasteiger partial charge in [0, 0.05) is 29.2 Å². The standard InChI is InChI=1S/C14H12N2O3/c1-8-11(12-13(14(17)18)19-7-15-12)9-5-3-4-6-10(9)16(8)2/h3-7H,1-2H3,(H,17,18). The number of hydrogen-bond donors (Lipinski definition) is 1. The van der Waals surface area contributed by atoms with Crippen LogP contribution in [0.1, 0.15) is 16.2 Å². The molecule has 2 heterocycles. The van der Waals surface area contributed by atoms with Crippen LogP contribution in [0.2, 0.25) is 0 Å². The Morgan fingerprint density at radius 2 is 2.11 bits per heavy atom. The number of fused-ring (bicyclic) bond motifs is 1. The molecule has 96 valence electrons. The molecule has 0 spiro atoms. The van der Waals surface area contributed by atoms with Crippen LogP contribution in [0.15, 0.2) is 35.1 Å². The molecule has 0 saturated carbocycles. The van der Waals surface area contributed by atoms with Crippen LogP contribution in [-0.2, 0) is 7.05 Å². The number of carbonyl (C=O) groups is 1. The fourth-order valence-electron chi connectivity index (χ4n) is 2.40. The Labute approximate surface area is 109 Å². The maximum Gasteiger partial charge on any atom is 0.374 e. The summed E-state index contributed by atoms with van der Waals surface area (Å²) < 4.78 is 6.99. The smallest absolute Gasteiger partial charge is 0.374 e. The first kappa shape index (κ1) is 11.5. The van der Waals surface area contributed by atoms with E-state index in [1.165, 1.54) is 6.39 Å². The van der Waals surface area contributed by atoms with Crippen molar-refractivity contribution in [1.29, 1.82) is 0 Å². The van der Waals surface area contributed by atoms with E-state index in [2.05, 4.69) is 4.98 Å². The average molecular weight is 256 g/mol. The van der Waals surface area contributed by atoms with Crippen molar-refractivity contribution in [1.82, 2.24) is 9.55 Å². The quantitative estimate of drug-likeness (QED) is 0.765. The van der Waals surface area contributed by atoms with Gasteiger partial charge in [0.15, 0.2) is 6.39 Å². The molecule has 3 rings (SSSR count). The normalized spacial score (nSPS) is 11.1. The molecule has 19 heavy (non-hydrogen) atoms. The molecule has 5 nitrogen and oxygen atoms in total. The van der Waals surface area contributed by atoms with E-state index in [-0.39, 0.29) is 5.76 Å². The van der Waals surface area contributed by atoms with E-state index >= 15 is 0 Å². The maximum absolute atomic E-state index is 11.2. The largest absolute Gasteiger partial charge is 0.475 e. The third-order valence-corrected chi connectivity index (χ3v) is 3.40. The highest BCUT2D eigenvalue weighted by Crippen LogP contribution is 2.34. The van der Waals surface area contributed by atoms with Crippen molar-refractivity contribution in [2.24, 2.45) is 7.05 Å². The molecule has 0 atom stereocenters. The molecule has 0 fully saturated rings. The van der Waals surface area contributed by atoms with Gasteiger partial charge < -0.3 is 14.1 Å². The van der Waals surface area contributed by atoms with Crippen molar-refractivity contribution in [3.05, 3.63) is 42.1 Å². The zero-order valence-electron chi connectivity index (χ0n) is 10.5. The first-order valence-electron chi connectivity index (χ1n) is 5.82. The summed E-state index contributed by atoms with van der Waals surface area (Å²) in [6.07, 6.45) is 1.17. The van der Waals surface area contributed by atoms with Gasteiger partial charge >= 0.3 is 5.97 Å². The number of oxazole rings is 1. The summed E-state index contributed by atoms with van der Waals surface area (Å²) >= 11 is 0. The minimum Gasteiger partial charge on any atom is -0.475 e. The Kier molecular flexibility index (Phi) is 2.41. The summed E-state index contributed by atoms with van der Waals surface area (Å²) in [5.74, 6) is -1.24. The van der Waals surface area contributed by atoms with Crippen molar-refractivity contribution in [2.45, 2.75) is 6.92 Å². The third-order valence-electron chi connectivity index (χ3n) is 3.40. The molecule has 0 aliphatic carbocycles. The number of carboxylic acid groups (broad SMARTS) is 1. The van der Waals surface area contributed by atoms with Crippen LogP contribution in [0.25, 0.3) is 22.2 Å². The maximum atomic E-state index is 11.2. The molecule has 0 aliphatic heterocycles. The van der Waals surface area contributed by atoms with Crippen molar-refractivity contribution in [2.75, 3.05) is 0 Å². The summed E-state index contributed by atoms with van der Waals surface area (Å²) in [4.78, 5) is 15.2. The van der Waals surface area contributed by atoms with E-state index < -0.39 is 5.97 Å². The molecule has 0 bridgehead atoms. The van der Waals surface area contributed by atoms with E-state index in [4.69, 9.17) is 9.52 Å². The predicted octanol–water partition coefficient (Wildman–Crippen LogP) is 2.84. The van der Waals surface area contributed by atoms with Gasteiger partial charge in [-0.05, 0) is 13.0 Å². The van der Waals surface area contributed by atoms with Gasteiger partial charge in [-0.3, -0.25) is 0 Å². The monoisotopic (exact) mass is 256 g/mol. The van der Waals surface area contributed by atoms with Crippen molar-refractivity contribution in [3.63, 3.8) is 0 Å². The summed E-state index contributed by atoms with van der Waals surface area (Å²) in [5, 5.41) is 10.1. The Morgan fingerprint density at radius 3 is 2.84 bits per heavy atom. The molecule has 3 aromatic rings. The lowest BCUT2D eigenvalue weighted by Crippen LogP contribution is -1.98. The average Bonchev–Trinajstić information content (AvgIpc) is 2.95. The van der Waals surface area contributed by atoms with E-state index in [1.54, 1.807) is 0 Å². The zero-order valence-corrected chi connectivity index (χ0v) is 10.5. The van der Waals surface area contributed by atoms with Gasteiger partial charge in [-0.2, -0.15) is 0 Å². The van der Waals surface area contributed by atoms with Gasteiger partial charge in [-0.25, -0.2) is 9.78 Å². The molecule has 0 unspecified atom stereocenters. The molecule has 0 aliphatic rings. The van der Waals surface area contributed by atoms with Gasteiger partial charge in [-0.15, -0.1) is 0 Å². The highest BCUT2D eigenvalue weighted by atomic mass is 16.4. The van der Waals surface area contributed by atoms with Crippen LogP contribution in [0.5, 0.6) is 0 Å². The Morgan fingerprint density at radius 1 is 1.37 bits per heavy atom. The molecule has 0 amide bonds. The number of carboxylic acids is 1. The Balaban J connectivity index is 2.40. The number of aryl methyl sites for hydroxylation is 1. The number of nitrogens with zero attached hydrogens (tertiary/aromatic N) is 2. The second-order valence-electron chi connectivity index (χ2n) is 4.37. The van der Waals surface area contributed by atoms with Crippen LogP contribution in [-0.4, -0.2) is 20.6 Å². The second-order valence-corrected chi connectivity index (χ2v) is 4.37. The van der Waals surface area contributed by atoms with Gasteiger partial charge in [0.1, 0.15) is 5.69 Å². The Hall–Kier alpha value is -2.56. The minimum atomic E-state index is -1.11. The number of benzene rings is 1. The molecule has 2 aromatic heterocycles. The number of hydrogen-bond acceptors (Lipinski definition) is 3. The SMILES string of the molecule is Cc1c(-c2ncoc2C(=O)O)c2ccccc2n1C. The first-order valence-corrected chi connectivity index (χ1v) is 5.82. The molecule has 5 heteroatoms. The number of para-hydroxylation sites is 1. The topological polar surface area (TPSA) is 68.3 Å². The first-order chi connectivity index (χ1) is 9.11. The van der Waals surface area contributed by atoms with Crippen molar-refractivity contribution < 1.29 is 14.3 Å². The number of rotatable bonds is 2. The third kappa shape index (κ3) is 1.55. The number of aromatic carboxylic acids is 1. The lowest BCUT2D eigenvalue weighted by molar-refractivity contribution is 0.0663. The van der Waals surface area contributed by atoms with E-state index in [9.17, 15) is 4.79 Å². The lowest BCUT2D eigenvalue weighted by Gasteiger charge is -1.99. The minimum absolute atomic E-state index is 0.126. The van der Waals surface area contributed by atoms with Crippen molar-refractivity contribution >= 4 is 16.9 Å². The van der Waals surface area contributed by atoms with Crippen LogP contribution in [0.4, 0.5) is 0 Å². The van der Waals surface area contributed by atoms with Crippen LogP contribution >= 0.6 is 0 Å². The van der Waals surface area contributed by atoms with E-state index in [0.717, 1.165) is 22.2 Å². The van der Waals surface area contributed by atoms with Crippen LogP contribution in [0, 0.1) is 6.92 Å². The summed E-state index contributed by atoms with van der Waals surface area (Å²) in [7, 11) is 1.95. The van der Waals surface area contributed by atoms with Crippen molar-refractivity contribution in [3.8, 4) is 11.3 Å². The summed E-state index contributed by atoms with van der Waals surface area (Å²) in [6, 6.07) is 7.82. The predicted molar refractivity (Wildman–Crippen MR) is 70.1 cm³/mol. The molecular weight excluding hydrogens is 244 g/mol. The molecule has 0 saturated heterocycles. The van der Waals surface area contributed by atoms with Crippen LogP contribution in [0.3, 0.4) is 0 Å². The molecule has 1 aromatic carbocycles. The fourth-order valence-corrected chi connectivity index (χ4v) is 2.40. The highest BCUT2D eigenvalue weighted by molar-refractivity contribution is 6.02.